The lowest BCUT2D eigenvalue weighted by atomic mass is 10.1. The topological polar surface area (TPSA) is 20.2 Å². The van der Waals surface area contributed by atoms with Crippen LogP contribution in [0.2, 0.25) is 0 Å². The summed E-state index contributed by atoms with van der Waals surface area (Å²) >= 11 is 0. The van der Waals surface area contributed by atoms with Crippen LogP contribution in [0.3, 0.4) is 0 Å². The second-order valence-corrected chi connectivity index (χ2v) is 5.95. The van der Waals surface area contributed by atoms with E-state index in [1.165, 1.54) is 44.9 Å². The average molecular weight is 300 g/mol. The van der Waals surface area contributed by atoms with Crippen molar-refractivity contribution in [1.29, 1.82) is 0 Å². The molecule has 0 spiro atoms. The van der Waals surface area contributed by atoms with Crippen LogP contribution in [0.15, 0.2) is 48.6 Å². The van der Waals surface area contributed by atoms with Gasteiger partial charge in [0.15, 0.2) is 0 Å². The summed E-state index contributed by atoms with van der Waals surface area (Å²) in [5.74, 6) is 0.350. The summed E-state index contributed by atoms with van der Waals surface area (Å²) in [7, 11) is 0. The summed E-state index contributed by atoms with van der Waals surface area (Å²) in [6.45, 7) is 2.26. The maximum Gasteiger partial charge on any atom is 0.115 e. The smallest absolute Gasteiger partial charge is 0.115 e. The van der Waals surface area contributed by atoms with Crippen molar-refractivity contribution in [3.05, 3.63) is 54.1 Å². The molecule has 0 saturated heterocycles. The molecule has 0 atom stereocenters. The van der Waals surface area contributed by atoms with Gasteiger partial charge in [0.1, 0.15) is 5.75 Å². The van der Waals surface area contributed by atoms with Crippen LogP contribution >= 0.6 is 0 Å². The molecule has 1 N–H and O–H groups in total. The monoisotopic (exact) mass is 300 g/mol. The Bertz CT molecular complexity index is 431. The highest BCUT2D eigenvalue weighted by molar-refractivity contribution is 5.28. The number of hydrogen-bond acceptors (Lipinski definition) is 1. The van der Waals surface area contributed by atoms with Crippen LogP contribution in [0.25, 0.3) is 0 Å². The van der Waals surface area contributed by atoms with Crippen molar-refractivity contribution in [3.8, 4) is 5.75 Å². The van der Waals surface area contributed by atoms with Crippen molar-refractivity contribution in [3.63, 3.8) is 0 Å². The largest absolute Gasteiger partial charge is 0.508 e. The van der Waals surface area contributed by atoms with Gasteiger partial charge in [-0.25, -0.2) is 0 Å². The molecule has 1 heteroatoms. The molecule has 0 aliphatic carbocycles. The second-order valence-electron chi connectivity index (χ2n) is 5.95. The Labute approximate surface area is 136 Å². The van der Waals surface area contributed by atoms with Gasteiger partial charge in [0.05, 0.1) is 0 Å². The highest BCUT2D eigenvalue weighted by atomic mass is 16.3. The quantitative estimate of drug-likeness (QED) is 0.341. The van der Waals surface area contributed by atoms with Gasteiger partial charge < -0.3 is 5.11 Å². The first-order chi connectivity index (χ1) is 10.8. The van der Waals surface area contributed by atoms with E-state index in [2.05, 4.69) is 31.2 Å². The molecular formula is C21H32O. The molecule has 1 aromatic rings. The van der Waals surface area contributed by atoms with E-state index >= 15 is 0 Å². The van der Waals surface area contributed by atoms with Crippen LogP contribution < -0.4 is 0 Å². The minimum atomic E-state index is 0.350. The fourth-order valence-corrected chi connectivity index (χ4v) is 2.49. The van der Waals surface area contributed by atoms with Gasteiger partial charge in [0.25, 0.3) is 0 Å². The van der Waals surface area contributed by atoms with E-state index in [9.17, 15) is 5.11 Å². The van der Waals surface area contributed by atoms with E-state index in [-0.39, 0.29) is 0 Å². The maximum atomic E-state index is 9.38. The fourth-order valence-electron chi connectivity index (χ4n) is 2.49. The summed E-state index contributed by atoms with van der Waals surface area (Å²) in [5.41, 5.74) is 1.16. The van der Waals surface area contributed by atoms with Crippen molar-refractivity contribution >= 4 is 0 Å². The number of phenolic OH excluding ortho intramolecular Hbond substituents is 1. The first-order valence-electron chi connectivity index (χ1n) is 8.91. The van der Waals surface area contributed by atoms with Crippen LogP contribution in [-0.2, 0) is 6.42 Å². The van der Waals surface area contributed by atoms with Gasteiger partial charge in [-0.15, -0.1) is 0 Å². The SMILES string of the molecule is CCCCCCCC/C=C/CC/C=C/Cc1cccc(O)c1. The first-order valence-corrected chi connectivity index (χ1v) is 8.91. The van der Waals surface area contributed by atoms with Crippen molar-refractivity contribution in [2.45, 2.75) is 71.1 Å². The fraction of sp³-hybridized carbons (Fsp3) is 0.524. The number of benzene rings is 1. The molecule has 22 heavy (non-hydrogen) atoms. The van der Waals surface area contributed by atoms with Gasteiger partial charge in [0.2, 0.25) is 0 Å². The third-order valence-electron chi connectivity index (χ3n) is 3.82. The number of allylic oxidation sites excluding steroid dienone is 4. The summed E-state index contributed by atoms with van der Waals surface area (Å²) in [4.78, 5) is 0. The number of phenols is 1. The van der Waals surface area contributed by atoms with Crippen molar-refractivity contribution in [2.24, 2.45) is 0 Å². The molecule has 0 fully saturated rings. The Morgan fingerprint density at radius 3 is 2.27 bits per heavy atom. The molecule has 0 radical (unpaired) electrons. The zero-order valence-corrected chi connectivity index (χ0v) is 14.1. The molecule has 1 aromatic carbocycles. The van der Waals surface area contributed by atoms with E-state index in [0.29, 0.717) is 5.75 Å². The van der Waals surface area contributed by atoms with Crippen LogP contribution in [0, 0.1) is 0 Å². The Morgan fingerprint density at radius 2 is 1.50 bits per heavy atom. The minimum absolute atomic E-state index is 0.350. The van der Waals surface area contributed by atoms with Crippen molar-refractivity contribution in [2.75, 3.05) is 0 Å². The van der Waals surface area contributed by atoms with Gasteiger partial charge in [-0.05, 0) is 49.8 Å². The Morgan fingerprint density at radius 1 is 0.818 bits per heavy atom. The molecule has 0 heterocycles. The number of rotatable bonds is 12. The molecule has 0 saturated carbocycles. The minimum Gasteiger partial charge on any atom is -0.508 e. The molecule has 1 nitrogen and oxygen atoms in total. The van der Waals surface area contributed by atoms with Crippen molar-refractivity contribution in [1.82, 2.24) is 0 Å². The molecule has 1 rings (SSSR count). The maximum absolute atomic E-state index is 9.38. The predicted molar refractivity (Wildman–Crippen MR) is 97.3 cm³/mol. The average Bonchev–Trinajstić information content (AvgIpc) is 2.52. The van der Waals surface area contributed by atoms with Crippen molar-refractivity contribution < 1.29 is 5.11 Å². The number of aromatic hydroxyl groups is 1. The summed E-state index contributed by atoms with van der Waals surface area (Å²) in [5, 5.41) is 9.38. The normalized spacial score (nSPS) is 11.7. The molecule has 0 aliphatic rings. The highest BCUT2D eigenvalue weighted by Crippen LogP contribution is 2.12. The van der Waals surface area contributed by atoms with Crippen LogP contribution in [0.4, 0.5) is 0 Å². The van der Waals surface area contributed by atoms with Gasteiger partial charge in [-0.3, -0.25) is 0 Å². The molecular weight excluding hydrogens is 268 g/mol. The lowest BCUT2D eigenvalue weighted by molar-refractivity contribution is 0.474. The highest BCUT2D eigenvalue weighted by Gasteiger charge is 1.91. The standard InChI is InChI=1S/C21H32O/c1-2-3-4-5-6-7-8-9-10-11-12-13-14-16-20-17-15-18-21(22)19-20/h9-10,13-15,17-19,22H,2-8,11-12,16H2,1H3/b10-9+,14-13+. The molecule has 0 amide bonds. The van der Waals surface area contributed by atoms with E-state index in [1.54, 1.807) is 6.07 Å². The lowest BCUT2D eigenvalue weighted by Gasteiger charge is -1.97. The number of hydrogen-bond donors (Lipinski definition) is 1. The summed E-state index contributed by atoms with van der Waals surface area (Å²) in [6.07, 6.45) is 21.7. The molecule has 0 unspecified atom stereocenters. The van der Waals surface area contributed by atoms with Gasteiger partial charge in [-0.1, -0.05) is 75.5 Å². The van der Waals surface area contributed by atoms with Gasteiger partial charge in [0, 0.05) is 0 Å². The Kier molecular flexibility index (Phi) is 11.1. The zero-order valence-electron chi connectivity index (χ0n) is 14.1. The predicted octanol–water partition coefficient (Wildman–Crippen LogP) is 6.58. The van der Waals surface area contributed by atoms with Crippen LogP contribution in [0.5, 0.6) is 5.75 Å². The first kappa shape index (κ1) is 18.5. The molecule has 0 bridgehead atoms. The molecule has 122 valence electrons. The zero-order chi connectivity index (χ0) is 15.9. The van der Waals surface area contributed by atoms with E-state index < -0.39 is 0 Å². The lowest BCUT2D eigenvalue weighted by Crippen LogP contribution is -1.79. The van der Waals surface area contributed by atoms with E-state index in [1.807, 2.05) is 18.2 Å². The number of unbranched alkanes of at least 4 members (excludes halogenated alkanes) is 7. The van der Waals surface area contributed by atoms with Gasteiger partial charge in [-0.2, -0.15) is 0 Å². The summed E-state index contributed by atoms with van der Waals surface area (Å²) in [6, 6.07) is 7.47. The summed E-state index contributed by atoms with van der Waals surface area (Å²) < 4.78 is 0. The Hall–Kier alpha value is -1.50. The van der Waals surface area contributed by atoms with Crippen LogP contribution in [-0.4, -0.2) is 5.11 Å². The third kappa shape index (κ3) is 10.3. The molecule has 0 aromatic heterocycles. The third-order valence-corrected chi connectivity index (χ3v) is 3.82. The van der Waals surface area contributed by atoms with E-state index in [0.717, 1.165) is 24.8 Å². The van der Waals surface area contributed by atoms with Gasteiger partial charge >= 0.3 is 0 Å². The van der Waals surface area contributed by atoms with Crippen LogP contribution in [0.1, 0.15) is 70.3 Å². The Balaban J connectivity index is 1.96. The second kappa shape index (κ2) is 13.2. The molecule has 0 aliphatic heterocycles. The van der Waals surface area contributed by atoms with E-state index in [4.69, 9.17) is 0 Å².